The molecule has 0 saturated carbocycles. The van der Waals surface area contributed by atoms with Crippen molar-refractivity contribution in [1.29, 1.82) is 0 Å². The summed E-state index contributed by atoms with van der Waals surface area (Å²) in [7, 11) is 1.24. The van der Waals surface area contributed by atoms with E-state index in [0.29, 0.717) is 6.54 Å². The minimum absolute atomic E-state index is 0.0238. The molecule has 2 atom stereocenters. The minimum Gasteiger partial charge on any atom is -0.480 e. The van der Waals surface area contributed by atoms with E-state index in [1.54, 1.807) is 4.90 Å². The van der Waals surface area contributed by atoms with Gasteiger partial charge in [-0.25, -0.2) is 9.59 Å². The van der Waals surface area contributed by atoms with Gasteiger partial charge in [-0.1, -0.05) is 0 Å². The summed E-state index contributed by atoms with van der Waals surface area (Å²) < 4.78 is 4.46. The number of nitrogens with zero attached hydrogens (tertiary/aromatic N) is 1. The van der Waals surface area contributed by atoms with Crippen LogP contribution in [0.3, 0.4) is 0 Å². The summed E-state index contributed by atoms with van der Waals surface area (Å²) in [5.74, 6) is -1.64. The smallest absolute Gasteiger partial charge is 0.326 e. The second-order valence-corrected chi connectivity index (χ2v) is 4.99. The molecule has 1 unspecified atom stereocenters. The Hall–Kier alpha value is -1.79. The van der Waals surface area contributed by atoms with Crippen LogP contribution in [0.4, 0.5) is 4.79 Å². The van der Waals surface area contributed by atoms with Crippen LogP contribution >= 0.6 is 0 Å². The van der Waals surface area contributed by atoms with Crippen LogP contribution in [0.5, 0.6) is 0 Å². The number of methoxy groups -OCH3 is 1. The van der Waals surface area contributed by atoms with E-state index in [4.69, 9.17) is 5.11 Å². The summed E-state index contributed by atoms with van der Waals surface area (Å²) in [5, 5.41) is 11.6. The Morgan fingerprint density at radius 3 is 2.65 bits per heavy atom. The number of carbonyl (C=O) groups is 3. The van der Waals surface area contributed by atoms with Crippen LogP contribution in [0.2, 0.25) is 0 Å². The molecule has 0 radical (unpaired) electrons. The lowest BCUT2D eigenvalue weighted by Gasteiger charge is -2.34. The third kappa shape index (κ3) is 4.71. The van der Waals surface area contributed by atoms with E-state index in [1.807, 2.05) is 6.92 Å². The number of nitrogens with one attached hydrogen (secondary N) is 1. The first kappa shape index (κ1) is 16.3. The van der Waals surface area contributed by atoms with Crippen molar-refractivity contribution in [2.75, 3.05) is 13.7 Å². The van der Waals surface area contributed by atoms with Gasteiger partial charge in [-0.3, -0.25) is 4.79 Å². The van der Waals surface area contributed by atoms with Crippen molar-refractivity contribution in [3.63, 3.8) is 0 Å². The Balaban J connectivity index is 2.53. The summed E-state index contributed by atoms with van der Waals surface area (Å²) in [6, 6.07) is -1.34. The van der Waals surface area contributed by atoms with E-state index in [9.17, 15) is 14.4 Å². The minimum atomic E-state index is -1.15. The number of likely N-dealkylation sites (tertiary alicyclic amines) is 1. The van der Waals surface area contributed by atoms with Crippen molar-refractivity contribution >= 4 is 18.0 Å². The lowest BCUT2D eigenvalue weighted by molar-refractivity contribution is -0.142. The monoisotopic (exact) mass is 286 g/mol. The number of aliphatic carboxylic acids is 1. The molecule has 0 spiro atoms. The highest BCUT2D eigenvalue weighted by Gasteiger charge is 2.27. The van der Waals surface area contributed by atoms with Crippen molar-refractivity contribution in [2.45, 2.75) is 51.1 Å². The molecule has 0 aromatic carbocycles. The third-order valence-corrected chi connectivity index (χ3v) is 3.52. The number of urea groups is 1. The molecule has 1 saturated heterocycles. The van der Waals surface area contributed by atoms with Gasteiger partial charge in [0.25, 0.3) is 0 Å². The maximum absolute atomic E-state index is 12.1. The van der Waals surface area contributed by atoms with E-state index < -0.39 is 18.0 Å². The molecule has 114 valence electrons. The second kappa shape index (κ2) is 7.72. The van der Waals surface area contributed by atoms with Crippen LogP contribution < -0.4 is 5.32 Å². The summed E-state index contributed by atoms with van der Waals surface area (Å²) in [4.78, 5) is 35.9. The molecule has 1 rings (SSSR count). The van der Waals surface area contributed by atoms with Crippen molar-refractivity contribution in [3.05, 3.63) is 0 Å². The standard InChI is InChI=1S/C13H22N2O5/c1-9-5-3-4-8-15(9)13(19)14-10(12(17)18)6-7-11(16)20-2/h9-10H,3-8H2,1-2H3,(H,14,19)(H,17,18)/t9?,10-/m1/s1. The average Bonchev–Trinajstić information content (AvgIpc) is 2.42. The molecule has 20 heavy (non-hydrogen) atoms. The maximum atomic E-state index is 12.1. The van der Waals surface area contributed by atoms with Gasteiger partial charge in [-0.2, -0.15) is 0 Å². The average molecular weight is 286 g/mol. The quantitative estimate of drug-likeness (QED) is 0.734. The van der Waals surface area contributed by atoms with Crippen LogP contribution in [-0.4, -0.2) is 53.7 Å². The Bertz CT molecular complexity index is 372. The summed E-state index contributed by atoms with van der Waals surface area (Å²) in [5.41, 5.74) is 0. The lowest BCUT2D eigenvalue weighted by atomic mass is 10.0. The number of carbonyl (C=O) groups excluding carboxylic acids is 2. The van der Waals surface area contributed by atoms with Gasteiger partial charge in [0, 0.05) is 19.0 Å². The first-order valence-electron chi connectivity index (χ1n) is 6.82. The van der Waals surface area contributed by atoms with Crippen LogP contribution in [-0.2, 0) is 14.3 Å². The highest BCUT2D eigenvalue weighted by atomic mass is 16.5. The first-order chi connectivity index (χ1) is 9.45. The fourth-order valence-electron chi connectivity index (χ4n) is 2.25. The topological polar surface area (TPSA) is 95.9 Å². The molecule has 0 aromatic heterocycles. The number of esters is 1. The van der Waals surface area contributed by atoms with E-state index in [2.05, 4.69) is 10.1 Å². The summed E-state index contributed by atoms with van der Waals surface area (Å²) in [6.07, 6.45) is 2.92. The van der Waals surface area contributed by atoms with Crippen LogP contribution in [0.25, 0.3) is 0 Å². The normalized spacial score (nSPS) is 20.1. The summed E-state index contributed by atoms with van der Waals surface area (Å²) >= 11 is 0. The maximum Gasteiger partial charge on any atom is 0.326 e. The molecule has 1 aliphatic rings. The van der Waals surface area contributed by atoms with E-state index in [1.165, 1.54) is 7.11 Å². The van der Waals surface area contributed by atoms with Crippen molar-refractivity contribution in [1.82, 2.24) is 10.2 Å². The Labute approximate surface area is 118 Å². The van der Waals surface area contributed by atoms with Crippen molar-refractivity contribution < 1.29 is 24.2 Å². The van der Waals surface area contributed by atoms with Crippen molar-refractivity contribution in [2.24, 2.45) is 0 Å². The number of hydrogen-bond acceptors (Lipinski definition) is 4. The predicted octanol–water partition coefficient (Wildman–Crippen LogP) is 0.977. The van der Waals surface area contributed by atoms with Crippen molar-refractivity contribution in [3.8, 4) is 0 Å². The molecule has 1 fully saturated rings. The molecular formula is C13H22N2O5. The zero-order chi connectivity index (χ0) is 15.1. The van der Waals surface area contributed by atoms with E-state index >= 15 is 0 Å². The fraction of sp³-hybridized carbons (Fsp3) is 0.769. The number of rotatable bonds is 5. The zero-order valence-corrected chi connectivity index (χ0v) is 11.9. The Kier molecular flexibility index (Phi) is 6.27. The van der Waals surface area contributed by atoms with Gasteiger partial charge in [0.1, 0.15) is 6.04 Å². The molecular weight excluding hydrogens is 264 g/mol. The molecule has 1 aliphatic heterocycles. The Morgan fingerprint density at radius 2 is 2.10 bits per heavy atom. The molecule has 0 bridgehead atoms. The van der Waals surface area contributed by atoms with Gasteiger partial charge in [-0.05, 0) is 32.6 Å². The van der Waals surface area contributed by atoms with Gasteiger partial charge in [0.2, 0.25) is 0 Å². The Morgan fingerprint density at radius 1 is 1.40 bits per heavy atom. The third-order valence-electron chi connectivity index (χ3n) is 3.52. The highest BCUT2D eigenvalue weighted by molar-refractivity contribution is 5.83. The second-order valence-electron chi connectivity index (χ2n) is 4.99. The van der Waals surface area contributed by atoms with Gasteiger partial charge in [-0.15, -0.1) is 0 Å². The number of carboxylic acid groups (broad SMARTS) is 1. The molecule has 2 N–H and O–H groups in total. The molecule has 0 aromatic rings. The molecule has 7 nitrogen and oxygen atoms in total. The molecule has 0 aliphatic carbocycles. The van der Waals surface area contributed by atoms with Gasteiger partial charge in [0.15, 0.2) is 0 Å². The van der Waals surface area contributed by atoms with Gasteiger partial charge >= 0.3 is 18.0 Å². The predicted molar refractivity (Wildman–Crippen MR) is 71.2 cm³/mol. The number of ether oxygens (including phenoxy) is 1. The first-order valence-corrected chi connectivity index (χ1v) is 6.82. The van der Waals surface area contributed by atoms with Gasteiger partial charge < -0.3 is 20.1 Å². The molecule has 1 heterocycles. The van der Waals surface area contributed by atoms with Crippen LogP contribution in [0.1, 0.15) is 39.0 Å². The number of hydrogen-bond donors (Lipinski definition) is 2. The highest BCUT2D eigenvalue weighted by Crippen LogP contribution is 2.16. The van der Waals surface area contributed by atoms with Crippen LogP contribution in [0, 0.1) is 0 Å². The van der Waals surface area contributed by atoms with E-state index in [-0.39, 0.29) is 24.9 Å². The summed E-state index contributed by atoms with van der Waals surface area (Å²) in [6.45, 7) is 2.58. The van der Waals surface area contributed by atoms with Crippen LogP contribution in [0.15, 0.2) is 0 Å². The molecule has 2 amide bonds. The van der Waals surface area contributed by atoms with E-state index in [0.717, 1.165) is 19.3 Å². The number of carboxylic acids is 1. The number of piperidine rings is 1. The number of amides is 2. The van der Waals surface area contributed by atoms with Gasteiger partial charge in [0.05, 0.1) is 7.11 Å². The lowest BCUT2D eigenvalue weighted by Crippen LogP contribution is -2.52. The largest absolute Gasteiger partial charge is 0.480 e. The zero-order valence-electron chi connectivity index (χ0n) is 11.9. The molecule has 7 heteroatoms. The fourth-order valence-corrected chi connectivity index (χ4v) is 2.25. The SMILES string of the molecule is COC(=O)CC[C@@H](NC(=O)N1CCCCC1C)C(=O)O.